The van der Waals surface area contributed by atoms with Gasteiger partial charge in [-0.05, 0) is 43.9 Å². The number of benzene rings is 1. The van der Waals surface area contributed by atoms with Crippen molar-refractivity contribution in [3.8, 4) is 0 Å². The molecule has 138 valence electrons. The molecular formula is C20H26N4O2. The molecule has 1 amide bonds. The molecule has 26 heavy (non-hydrogen) atoms. The van der Waals surface area contributed by atoms with E-state index >= 15 is 0 Å². The fraction of sp³-hybridized carbons (Fsp3) is 0.500. The first-order valence-electron chi connectivity index (χ1n) is 9.53. The van der Waals surface area contributed by atoms with Crippen LogP contribution in [0.1, 0.15) is 47.4 Å². The second-order valence-electron chi connectivity index (χ2n) is 7.12. The molecule has 0 unspecified atom stereocenters. The number of carbonyl (C=O) groups is 1. The molecule has 0 bridgehead atoms. The smallest absolute Gasteiger partial charge is 0.272 e. The quantitative estimate of drug-likeness (QED) is 0.864. The van der Waals surface area contributed by atoms with Crippen molar-refractivity contribution >= 4 is 5.91 Å². The topological polar surface area (TPSA) is 68.2 Å². The maximum Gasteiger partial charge on any atom is 0.272 e. The van der Waals surface area contributed by atoms with Gasteiger partial charge in [-0.25, -0.2) is 0 Å². The Morgan fingerprint density at radius 2 is 2.15 bits per heavy atom. The standard InChI is InChI=1S/C20H26N4O2/c25-20(18-12-16-13-21-10-5-11-24(16)23-18)22-17-8-4-9-19(17)26-14-15-6-2-1-3-7-15/h1-3,6-7,12,17,19,21H,4-5,8-11,13-14H2,(H,22,25)/t17-,19-/m1/s1. The number of nitrogens with one attached hydrogen (secondary N) is 2. The monoisotopic (exact) mass is 354 g/mol. The van der Waals surface area contributed by atoms with Crippen LogP contribution in [0.2, 0.25) is 0 Å². The number of amides is 1. The maximum atomic E-state index is 12.7. The minimum absolute atomic E-state index is 0.0610. The second kappa shape index (κ2) is 8.01. The summed E-state index contributed by atoms with van der Waals surface area (Å²) in [5.41, 5.74) is 2.75. The Kier molecular flexibility index (Phi) is 5.32. The molecule has 2 aliphatic rings. The van der Waals surface area contributed by atoms with Crippen LogP contribution in [0, 0.1) is 0 Å². The predicted octanol–water partition coefficient (Wildman–Crippen LogP) is 2.24. The summed E-state index contributed by atoms with van der Waals surface area (Å²) in [6.45, 7) is 3.21. The summed E-state index contributed by atoms with van der Waals surface area (Å²) in [6, 6.07) is 12.1. The van der Waals surface area contributed by atoms with Crippen molar-refractivity contribution in [3.05, 3.63) is 53.3 Å². The molecule has 2 aromatic rings. The van der Waals surface area contributed by atoms with Gasteiger partial charge in [0.15, 0.2) is 5.69 Å². The SMILES string of the molecule is O=C(N[C@@H]1CCC[C@H]1OCc1ccccc1)c1cc2n(n1)CCCNC2. The van der Waals surface area contributed by atoms with Crippen LogP contribution in [0.5, 0.6) is 0 Å². The Morgan fingerprint density at radius 1 is 1.27 bits per heavy atom. The van der Waals surface area contributed by atoms with Crippen LogP contribution in [-0.4, -0.2) is 34.4 Å². The summed E-state index contributed by atoms with van der Waals surface area (Å²) < 4.78 is 8.04. The molecule has 0 radical (unpaired) electrons. The molecule has 2 atom stereocenters. The van der Waals surface area contributed by atoms with E-state index < -0.39 is 0 Å². The number of hydrogen-bond acceptors (Lipinski definition) is 4. The minimum Gasteiger partial charge on any atom is -0.371 e. The molecule has 0 spiro atoms. The molecule has 1 fully saturated rings. The molecule has 4 rings (SSSR count). The van der Waals surface area contributed by atoms with Crippen LogP contribution >= 0.6 is 0 Å². The Bertz CT molecular complexity index is 720. The van der Waals surface area contributed by atoms with Gasteiger partial charge in [-0.15, -0.1) is 0 Å². The van der Waals surface area contributed by atoms with Crippen molar-refractivity contribution in [1.82, 2.24) is 20.4 Å². The van der Waals surface area contributed by atoms with E-state index in [2.05, 4.69) is 27.9 Å². The van der Waals surface area contributed by atoms with Gasteiger partial charge in [0.1, 0.15) is 0 Å². The van der Waals surface area contributed by atoms with Crippen molar-refractivity contribution in [3.63, 3.8) is 0 Å². The molecular weight excluding hydrogens is 328 g/mol. The van der Waals surface area contributed by atoms with Crippen LogP contribution in [0.3, 0.4) is 0 Å². The molecule has 1 aliphatic heterocycles. The van der Waals surface area contributed by atoms with Crippen LogP contribution in [-0.2, 0) is 24.4 Å². The van der Waals surface area contributed by atoms with Gasteiger partial charge in [0.25, 0.3) is 5.91 Å². The highest BCUT2D eigenvalue weighted by Crippen LogP contribution is 2.24. The first-order chi connectivity index (χ1) is 12.8. The largest absolute Gasteiger partial charge is 0.371 e. The Morgan fingerprint density at radius 3 is 3.04 bits per heavy atom. The van der Waals surface area contributed by atoms with Crippen LogP contribution < -0.4 is 10.6 Å². The average Bonchev–Trinajstić information content (AvgIpc) is 3.22. The zero-order valence-corrected chi connectivity index (χ0v) is 15.0. The molecule has 1 aliphatic carbocycles. The van der Waals surface area contributed by atoms with E-state index in [4.69, 9.17) is 4.74 Å². The number of aryl methyl sites for hydroxylation is 1. The fourth-order valence-electron chi connectivity index (χ4n) is 3.78. The summed E-state index contributed by atoms with van der Waals surface area (Å²) >= 11 is 0. The molecule has 2 heterocycles. The number of carbonyl (C=O) groups excluding carboxylic acids is 1. The number of rotatable bonds is 5. The molecule has 6 nitrogen and oxygen atoms in total. The van der Waals surface area contributed by atoms with Gasteiger partial charge in [0.05, 0.1) is 24.4 Å². The molecule has 1 aromatic heterocycles. The van der Waals surface area contributed by atoms with Gasteiger partial charge in [-0.1, -0.05) is 30.3 Å². The lowest BCUT2D eigenvalue weighted by atomic mass is 10.2. The van der Waals surface area contributed by atoms with Gasteiger partial charge in [0, 0.05) is 13.1 Å². The third kappa shape index (κ3) is 3.97. The fourth-order valence-corrected chi connectivity index (χ4v) is 3.78. The average molecular weight is 354 g/mol. The second-order valence-corrected chi connectivity index (χ2v) is 7.12. The highest BCUT2D eigenvalue weighted by atomic mass is 16.5. The lowest BCUT2D eigenvalue weighted by Crippen LogP contribution is -2.41. The Labute approximate surface area is 153 Å². The van der Waals surface area contributed by atoms with Gasteiger partial charge >= 0.3 is 0 Å². The number of aromatic nitrogens is 2. The molecule has 6 heteroatoms. The summed E-state index contributed by atoms with van der Waals surface area (Å²) in [7, 11) is 0. The maximum absolute atomic E-state index is 12.7. The highest BCUT2D eigenvalue weighted by molar-refractivity contribution is 5.92. The van der Waals surface area contributed by atoms with E-state index in [9.17, 15) is 4.79 Å². The lowest BCUT2D eigenvalue weighted by Gasteiger charge is -2.21. The van der Waals surface area contributed by atoms with E-state index in [0.29, 0.717) is 12.3 Å². The van der Waals surface area contributed by atoms with Crippen molar-refractivity contribution in [2.24, 2.45) is 0 Å². The summed E-state index contributed by atoms with van der Waals surface area (Å²) in [5, 5.41) is 11.0. The van der Waals surface area contributed by atoms with E-state index in [1.807, 2.05) is 28.9 Å². The van der Waals surface area contributed by atoms with E-state index in [1.165, 1.54) is 0 Å². The molecule has 2 N–H and O–H groups in total. The van der Waals surface area contributed by atoms with E-state index in [0.717, 1.165) is 56.6 Å². The molecule has 1 aromatic carbocycles. The molecule has 0 saturated heterocycles. The minimum atomic E-state index is -0.0919. The normalized spacial score (nSPS) is 22.6. The van der Waals surface area contributed by atoms with Crippen molar-refractivity contribution < 1.29 is 9.53 Å². The molecule has 1 saturated carbocycles. The van der Waals surface area contributed by atoms with Crippen molar-refractivity contribution in [2.45, 2.75) is 57.5 Å². The number of nitrogens with zero attached hydrogens (tertiary/aromatic N) is 2. The highest BCUT2D eigenvalue weighted by Gasteiger charge is 2.30. The Balaban J connectivity index is 1.35. The zero-order valence-electron chi connectivity index (χ0n) is 15.0. The third-order valence-corrected chi connectivity index (χ3v) is 5.20. The number of ether oxygens (including phenoxy) is 1. The van der Waals surface area contributed by atoms with Crippen LogP contribution in [0.25, 0.3) is 0 Å². The van der Waals surface area contributed by atoms with Crippen LogP contribution in [0.4, 0.5) is 0 Å². The Hall–Kier alpha value is -2.18. The number of hydrogen-bond donors (Lipinski definition) is 2. The van der Waals surface area contributed by atoms with Gasteiger partial charge in [-0.2, -0.15) is 5.10 Å². The predicted molar refractivity (Wildman–Crippen MR) is 98.7 cm³/mol. The summed E-state index contributed by atoms with van der Waals surface area (Å²) in [6.07, 6.45) is 4.13. The van der Waals surface area contributed by atoms with Crippen LogP contribution in [0.15, 0.2) is 36.4 Å². The number of fused-ring (bicyclic) bond motifs is 1. The van der Waals surface area contributed by atoms with E-state index in [-0.39, 0.29) is 18.1 Å². The van der Waals surface area contributed by atoms with E-state index in [1.54, 1.807) is 0 Å². The van der Waals surface area contributed by atoms with Gasteiger partial charge in [0.2, 0.25) is 0 Å². The van der Waals surface area contributed by atoms with Gasteiger partial charge < -0.3 is 15.4 Å². The first-order valence-corrected chi connectivity index (χ1v) is 9.53. The van der Waals surface area contributed by atoms with Crippen molar-refractivity contribution in [1.29, 1.82) is 0 Å². The summed E-state index contributed by atoms with van der Waals surface area (Å²) in [4.78, 5) is 12.7. The summed E-state index contributed by atoms with van der Waals surface area (Å²) in [5.74, 6) is -0.0919. The van der Waals surface area contributed by atoms with Gasteiger partial charge in [-0.3, -0.25) is 9.48 Å². The van der Waals surface area contributed by atoms with Crippen molar-refractivity contribution in [2.75, 3.05) is 6.54 Å². The zero-order chi connectivity index (χ0) is 17.8. The lowest BCUT2D eigenvalue weighted by molar-refractivity contribution is 0.0271. The first kappa shape index (κ1) is 17.2. The third-order valence-electron chi connectivity index (χ3n) is 5.20.